The van der Waals surface area contributed by atoms with Crippen LogP contribution in [0.15, 0.2) is 42.5 Å². The van der Waals surface area contributed by atoms with Gasteiger partial charge in [0.05, 0.1) is 17.8 Å². The molecule has 0 spiro atoms. The second kappa shape index (κ2) is 12.8. The zero-order chi connectivity index (χ0) is 28.9. The van der Waals surface area contributed by atoms with E-state index in [1.165, 1.54) is 7.11 Å². The van der Waals surface area contributed by atoms with E-state index >= 15 is 0 Å². The van der Waals surface area contributed by atoms with E-state index in [4.69, 9.17) is 27.9 Å². The molecule has 1 aliphatic heterocycles. The van der Waals surface area contributed by atoms with Crippen molar-refractivity contribution >= 4 is 39.7 Å². The summed E-state index contributed by atoms with van der Waals surface area (Å²) in [5.74, 6) is 6.25. The quantitative estimate of drug-likeness (QED) is 0.132. The summed E-state index contributed by atoms with van der Waals surface area (Å²) in [6.07, 6.45) is 1.07. The summed E-state index contributed by atoms with van der Waals surface area (Å²) in [5.41, 5.74) is 1.83. The number of hydrogen-bond acceptors (Lipinski definition) is 8. The summed E-state index contributed by atoms with van der Waals surface area (Å²) in [7, 11) is -1.16. The summed E-state index contributed by atoms with van der Waals surface area (Å²) in [6.45, 7) is -0.122. The molecule has 11 nitrogen and oxygen atoms in total. The first-order valence-corrected chi connectivity index (χ1v) is 14.8. The van der Waals surface area contributed by atoms with Crippen molar-refractivity contribution < 1.29 is 28.6 Å². The molecule has 1 aromatic heterocycles. The highest BCUT2D eigenvalue weighted by Crippen LogP contribution is 2.44. The van der Waals surface area contributed by atoms with E-state index in [2.05, 4.69) is 27.0 Å². The van der Waals surface area contributed by atoms with Crippen molar-refractivity contribution in [3.05, 3.63) is 73.9 Å². The van der Waals surface area contributed by atoms with Crippen molar-refractivity contribution in [1.82, 2.24) is 14.9 Å². The lowest BCUT2D eigenvalue weighted by Gasteiger charge is -2.39. The second-order valence-electron chi connectivity index (χ2n) is 8.87. The van der Waals surface area contributed by atoms with E-state index in [0.29, 0.717) is 45.5 Å². The molecule has 0 aliphatic carbocycles. The first kappa shape index (κ1) is 29.5. The Balaban J connectivity index is 1.68. The van der Waals surface area contributed by atoms with Crippen molar-refractivity contribution in [3.63, 3.8) is 0 Å². The third kappa shape index (κ3) is 7.18. The highest BCUT2D eigenvalue weighted by Gasteiger charge is 2.30. The van der Waals surface area contributed by atoms with Crippen LogP contribution in [0.2, 0.25) is 10.0 Å². The molecule has 212 valence electrons. The zero-order valence-electron chi connectivity index (χ0n) is 21.3. The Morgan fingerprint density at radius 3 is 2.55 bits per heavy atom. The minimum atomic E-state index is -2.59. The zero-order valence-corrected chi connectivity index (χ0v) is 23.6. The van der Waals surface area contributed by atoms with E-state index in [1.54, 1.807) is 47.0 Å². The average molecular weight is 609 g/mol. The van der Waals surface area contributed by atoms with Gasteiger partial charge in [-0.3, -0.25) is 18.5 Å². The molecule has 1 amide bonds. The molecule has 0 bridgehead atoms. The van der Waals surface area contributed by atoms with Crippen molar-refractivity contribution in [1.29, 1.82) is 0 Å². The molecule has 3 N–H and O–H groups in total. The minimum Gasteiger partial charge on any atom is -0.480 e. The molecule has 0 unspecified atom stereocenters. The summed E-state index contributed by atoms with van der Waals surface area (Å²) < 4.78 is 27.1. The van der Waals surface area contributed by atoms with Crippen LogP contribution in [0.4, 0.5) is 0 Å². The van der Waals surface area contributed by atoms with Gasteiger partial charge in [-0.2, -0.15) is 10.6 Å². The van der Waals surface area contributed by atoms with Crippen molar-refractivity contribution in [2.75, 3.05) is 25.2 Å². The van der Waals surface area contributed by atoms with Gasteiger partial charge in [0.15, 0.2) is 5.69 Å². The van der Waals surface area contributed by atoms with Gasteiger partial charge < -0.3 is 14.9 Å². The number of aromatic nitrogens is 2. The summed E-state index contributed by atoms with van der Waals surface area (Å²) in [5, 5.41) is 13.1. The van der Waals surface area contributed by atoms with Crippen LogP contribution in [0.1, 0.15) is 35.3 Å². The number of amides is 1. The molecule has 1 saturated heterocycles. The fourth-order valence-corrected chi connectivity index (χ4v) is 6.19. The van der Waals surface area contributed by atoms with Gasteiger partial charge in [-0.15, -0.1) is 10.1 Å². The average Bonchev–Trinajstić information content (AvgIpc) is 3.29. The molecule has 2 heterocycles. The van der Waals surface area contributed by atoms with Crippen LogP contribution in [0.3, 0.4) is 0 Å². The number of carbonyl (C=O) groups excluding carboxylic acids is 1. The Bertz CT molecular complexity index is 1460. The monoisotopic (exact) mass is 608 g/mol. The lowest BCUT2D eigenvalue weighted by Crippen LogP contribution is -2.40. The normalized spacial score (nSPS) is 15.4. The number of ether oxygens (including phenoxy) is 1. The Labute approximate surface area is 241 Å². The van der Waals surface area contributed by atoms with Crippen LogP contribution in [-0.4, -0.2) is 60.9 Å². The number of methoxy groups -OCH3 is 1. The molecule has 4 rings (SSSR count). The molecule has 0 saturated carbocycles. The van der Waals surface area contributed by atoms with Crippen LogP contribution in [0.25, 0.3) is 17.1 Å². The van der Waals surface area contributed by atoms with E-state index in [0.717, 1.165) is 0 Å². The lowest BCUT2D eigenvalue weighted by atomic mass is 10.1. The van der Waals surface area contributed by atoms with Crippen molar-refractivity contribution in [2.24, 2.45) is 0 Å². The van der Waals surface area contributed by atoms with Gasteiger partial charge in [-0.05, 0) is 55.3 Å². The third-order valence-corrected chi connectivity index (χ3v) is 8.45. The van der Waals surface area contributed by atoms with Crippen LogP contribution in [-0.2, 0) is 4.84 Å². The molecule has 1 fully saturated rings. The minimum absolute atomic E-state index is 0.0374. The van der Waals surface area contributed by atoms with Crippen LogP contribution in [0.5, 0.6) is 5.88 Å². The number of carbonyl (C=O) groups is 1. The van der Waals surface area contributed by atoms with Gasteiger partial charge in [0.2, 0.25) is 5.88 Å². The van der Waals surface area contributed by atoms with Gasteiger partial charge in [0, 0.05) is 40.1 Å². The fourth-order valence-electron chi connectivity index (χ4n) is 4.17. The smallest absolute Gasteiger partial charge is 0.294 e. The largest absolute Gasteiger partial charge is 0.480 e. The van der Waals surface area contributed by atoms with E-state index in [1.807, 2.05) is 0 Å². The third-order valence-electron chi connectivity index (χ3n) is 6.12. The maximum Gasteiger partial charge on any atom is 0.294 e. The van der Waals surface area contributed by atoms with Crippen LogP contribution < -0.4 is 10.1 Å². The highest BCUT2D eigenvalue weighted by atomic mass is 35.5. The Morgan fingerprint density at radius 1 is 1.23 bits per heavy atom. The summed E-state index contributed by atoms with van der Waals surface area (Å²) >= 11 is 12.6. The maximum absolute atomic E-state index is 13.4. The molecular formula is C26H26Cl2N4O7S. The van der Waals surface area contributed by atoms with Gasteiger partial charge in [0.1, 0.15) is 12.4 Å². The van der Waals surface area contributed by atoms with Gasteiger partial charge in [-0.1, -0.05) is 35.0 Å². The predicted molar refractivity (Wildman–Crippen MR) is 153 cm³/mol. The number of nitrogens with zero attached hydrogens (tertiary/aromatic N) is 3. The topological polar surface area (TPSA) is 149 Å². The van der Waals surface area contributed by atoms with Crippen molar-refractivity contribution in [2.45, 2.75) is 25.3 Å². The SMILES string of the molecule is COc1c(C(=O)NC2CCS(O)(O)CC2)nc(-c2ccc(Cl)cc2Cl)n1-c1ccc(C#CCCO[N+](=O)[O-])cc1. The molecule has 14 heteroatoms. The van der Waals surface area contributed by atoms with Crippen LogP contribution >= 0.6 is 33.8 Å². The van der Waals surface area contributed by atoms with Gasteiger partial charge in [-0.25, -0.2) is 4.98 Å². The molecule has 40 heavy (non-hydrogen) atoms. The van der Waals surface area contributed by atoms with E-state index in [9.17, 15) is 24.0 Å². The number of hydrogen-bond donors (Lipinski definition) is 3. The Kier molecular flexibility index (Phi) is 9.44. The number of benzene rings is 2. The van der Waals surface area contributed by atoms with Gasteiger partial charge in [0.25, 0.3) is 11.0 Å². The molecule has 0 atom stereocenters. The second-order valence-corrected chi connectivity index (χ2v) is 12.1. The van der Waals surface area contributed by atoms with Crippen LogP contribution in [0, 0.1) is 22.0 Å². The highest BCUT2D eigenvalue weighted by molar-refractivity contribution is 8.24. The number of rotatable bonds is 8. The van der Waals surface area contributed by atoms with E-state index in [-0.39, 0.29) is 42.1 Å². The fraction of sp³-hybridized carbons (Fsp3) is 0.308. The summed E-state index contributed by atoms with van der Waals surface area (Å²) in [4.78, 5) is 32.5. The van der Waals surface area contributed by atoms with Crippen molar-refractivity contribution in [3.8, 4) is 34.8 Å². The Hall–Kier alpha value is -3.47. The number of nitrogens with one attached hydrogen (secondary N) is 1. The predicted octanol–water partition coefficient (Wildman–Crippen LogP) is 5.45. The first-order valence-electron chi connectivity index (χ1n) is 12.1. The molecule has 1 aliphatic rings. The standard InChI is InChI=1S/C26H26Cl2N4O7S/c1-38-26-23(25(33)29-19-11-14-40(36,37)15-12-19)30-24(21-10-7-18(27)16-22(21)28)31(26)20-8-5-17(6-9-20)4-2-3-13-39-32(34)35/h5-10,16,19,36-37H,3,11-15H2,1H3,(H,29,33). The van der Waals surface area contributed by atoms with E-state index < -0.39 is 21.6 Å². The molecular weight excluding hydrogens is 583 g/mol. The molecule has 2 aromatic carbocycles. The summed E-state index contributed by atoms with van der Waals surface area (Å²) in [6, 6.07) is 11.7. The van der Waals surface area contributed by atoms with Gasteiger partial charge >= 0.3 is 0 Å². The molecule has 0 radical (unpaired) electrons. The molecule has 3 aromatic rings. The lowest BCUT2D eigenvalue weighted by molar-refractivity contribution is -0.757. The maximum atomic E-state index is 13.4. The Morgan fingerprint density at radius 2 is 1.93 bits per heavy atom. The number of halogens is 2. The first-order chi connectivity index (χ1) is 19.1. The number of imidazole rings is 1.